The molecule has 1 aromatic heterocycles. The summed E-state index contributed by atoms with van der Waals surface area (Å²) in [5.41, 5.74) is 1.26. The first kappa shape index (κ1) is 14.9. The summed E-state index contributed by atoms with van der Waals surface area (Å²) in [7, 11) is 0. The fourth-order valence-electron chi connectivity index (χ4n) is 1.94. The summed E-state index contributed by atoms with van der Waals surface area (Å²) in [6.45, 7) is 5.79. The van der Waals surface area contributed by atoms with Gasteiger partial charge in [-0.3, -0.25) is 4.79 Å². The number of fused-ring (bicyclic) bond motifs is 1. The van der Waals surface area contributed by atoms with E-state index in [1.54, 1.807) is 6.07 Å². The van der Waals surface area contributed by atoms with Gasteiger partial charge in [-0.25, -0.2) is 0 Å². The van der Waals surface area contributed by atoms with E-state index in [1.807, 2.05) is 32.9 Å². The highest BCUT2D eigenvalue weighted by Crippen LogP contribution is 2.30. The molecule has 2 rings (SSSR count). The maximum atomic E-state index is 12.1. The van der Waals surface area contributed by atoms with Gasteiger partial charge >= 0.3 is 0 Å². The van der Waals surface area contributed by atoms with E-state index in [1.165, 1.54) is 0 Å². The van der Waals surface area contributed by atoms with Gasteiger partial charge in [0.25, 0.3) is 5.91 Å². The first-order valence-corrected chi connectivity index (χ1v) is 6.93. The Hall–Kier alpha value is -1.52. The van der Waals surface area contributed by atoms with Gasteiger partial charge in [0.05, 0.1) is 11.1 Å². The molecule has 0 saturated carbocycles. The zero-order chi connectivity index (χ0) is 14.9. The minimum Gasteiger partial charge on any atom is -0.449 e. The highest BCUT2D eigenvalue weighted by molar-refractivity contribution is 6.35. The van der Waals surface area contributed by atoms with E-state index in [0.29, 0.717) is 10.6 Å². The van der Waals surface area contributed by atoms with Crippen LogP contribution in [0.4, 0.5) is 0 Å². The van der Waals surface area contributed by atoms with Gasteiger partial charge in [0.15, 0.2) is 11.3 Å². The van der Waals surface area contributed by atoms with Crippen LogP contribution in [-0.2, 0) is 0 Å². The van der Waals surface area contributed by atoms with Crippen molar-refractivity contribution in [2.45, 2.75) is 26.9 Å². The van der Waals surface area contributed by atoms with Crippen LogP contribution in [0.1, 0.15) is 30.0 Å². The van der Waals surface area contributed by atoms with Gasteiger partial charge in [-0.1, -0.05) is 37.6 Å². The van der Waals surface area contributed by atoms with E-state index >= 15 is 0 Å². The van der Waals surface area contributed by atoms with E-state index in [4.69, 9.17) is 16.0 Å². The van der Waals surface area contributed by atoms with Crippen molar-refractivity contribution in [3.05, 3.63) is 34.5 Å². The lowest BCUT2D eigenvalue weighted by atomic mass is 10.1. The molecule has 1 amide bonds. The third kappa shape index (κ3) is 2.81. The Morgan fingerprint density at radius 1 is 1.45 bits per heavy atom. The Kier molecular flexibility index (Phi) is 4.35. The van der Waals surface area contributed by atoms with Crippen molar-refractivity contribution in [2.75, 3.05) is 6.54 Å². The average Bonchev–Trinajstić information content (AvgIpc) is 2.75. The van der Waals surface area contributed by atoms with E-state index in [-0.39, 0.29) is 24.1 Å². The van der Waals surface area contributed by atoms with Gasteiger partial charge in [0.2, 0.25) is 0 Å². The standard InChI is InChI=1S/C15H18ClNO3/c1-8(2)12(18)7-17-15(19)13-9(3)10-5-4-6-11(16)14(10)20-13/h4-6,8,12,18H,7H2,1-3H3,(H,17,19). The highest BCUT2D eigenvalue weighted by Gasteiger charge is 2.20. The van der Waals surface area contributed by atoms with Crippen molar-refractivity contribution >= 4 is 28.5 Å². The third-order valence-corrected chi connectivity index (χ3v) is 3.66. The Morgan fingerprint density at radius 3 is 2.75 bits per heavy atom. The number of halogens is 1. The molecule has 0 aliphatic rings. The molecular formula is C15H18ClNO3. The maximum absolute atomic E-state index is 12.1. The molecular weight excluding hydrogens is 278 g/mol. The number of nitrogens with one attached hydrogen (secondary N) is 1. The summed E-state index contributed by atoms with van der Waals surface area (Å²) in [6, 6.07) is 5.40. The number of hydrogen-bond acceptors (Lipinski definition) is 3. The van der Waals surface area contributed by atoms with E-state index in [0.717, 1.165) is 10.9 Å². The molecule has 0 aliphatic heterocycles. The highest BCUT2D eigenvalue weighted by atomic mass is 35.5. The Balaban J connectivity index is 2.23. The van der Waals surface area contributed by atoms with Crippen molar-refractivity contribution in [2.24, 2.45) is 5.92 Å². The minimum atomic E-state index is -0.577. The quantitative estimate of drug-likeness (QED) is 0.911. The van der Waals surface area contributed by atoms with Gasteiger partial charge in [0, 0.05) is 17.5 Å². The maximum Gasteiger partial charge on any atom is 0.287 e. The molecule has 0 aliphatic carbocycles. The lowest BCUT2D eigenvalue weighted by Gasteiger charge is -2.14. The van der Waals surface area contributed by atoms with Crippen LogP contribution in [0.2, 0.25) is 5.02 Å². The third-order valence-electron chi connectivity index (χ3n) is 3.36. The van der Waals surface area contributed by atoms with Crippen LogP contribution < -0.4 is 5.32 Å². The van der Waals surface area contributed by atoms with Crippen molar-refractivity contribution in [3.63, 3.8) is 0 Å². The number of carbonyl (C=O) groups is 1. The number of aryl methyl sites for hydroxylation is 1. The molecule has 20 heavy (non-hydrogen) atoms. The van der Waals surface area contributed by atoms with Gasteiger partial charge in [0.1, 0.15) is 0 Å². The predicted octanol–water partition coefficient (Wildman–Crippen LogP) is 3.14. The summed E-state index contributed by atoms with van der Waals surface area (Å²) in [4.78, 5) is 12.1. The number of amides is 1. The first-order chi connectivity index (χ1) is 9.41. The molecule has 4 nitrogen and oxygen atoms in total. The number of aliphatic hydroxyl groups excluding tert-OH is 1. The minimum absolute atomic E-state index is 0.0847. The smallest absolute Gasteiger partial charge is 0.287 e. The second kappa shape index (κ2) is 5.85. The molecule has 1 heterocycles. The fraction of sp³-hybridized carbons (Fsp3) is 0.400. The largest absolute Gasteiger partial charge is 0.449 e. The average molecular weight is 296 g/mol. The van der Waals surface area contributed by atoms with Crippen LogP contribution in [0, 0.1) is 12.8 Å². The van der Waals surface area contributed by atoms with E-state index in [2.05, 4.69) is 5.32 Å². The predicted molar refractivity (Wildman–Crippen MR) is 79.1 cm³/mol. The van der Waals surface area contributed by atoms with Gasteiger partial charge in [-0.2, -0.15) is 0 Å². The van der Waals surface area contributed by atoms with Crippen LogP contribution >= 0.6 is 11.6 Å². The number of benzene rings is 1. The molecule has 1 atom stereocenters. The Labute approximate surface area is 122 Å². The molecule has 0 spiro atoms. The normalized spacial score (nSPS) is 12.9. The number of para-hydroxylation sites is 1. The zero-order valence-electron chi connectivity index (χ0n) is 11.7. The van der Waals surface area contributed by atoms with Crippen LogP contribution in [0.5, 0.6) is 0 Å². The molecule has 2 aromatic rings. The first-order valence-electron chi connectivity index (χ1n) is 6.55. The SMILES string of the molecule is Cc1c(C(=O)NCC(O)C(C)C)oc2c(Cl)cccc12. The Bertz CT molecular complexity index is 633. The summed E-state index contributed by atoms with van der Waals surface area (Å²) in [5.74, 6) is -0.0139. The van der Waals surface area contributed by atoms with Crippen LogP contribution in [0.3, 0.4) is 0 Å². The van der Waals surface area contributed by atoms with Crippen molar-refractivity contribution in [3.8, 4) is 0 Å². The number of hydrogen-bond donors (Lipinski definition) is 2. The number of carbonyl (C=O) groups excluding carboxylic acids is 1. The summed E-state index contributed by atoms with van der Waals surface area (Å²) in [6.07, 6.45) is -0.577. The van der Waals surface area contributed by atoms with Crippen molar-refractivity contribution in [1.82, 2.24) is 5.32 Å². The lowest BCUT2D eigenvalue weighted by Crippen LogP contribution is -2.34. The van der Waals surface area contributed by atoms with Crippen LogP contribution in [0.25, 0.3) is 11.0 Å². The molecule has 0 radical (unpaired) electrons. The van der Waals surface area contributed by atoms with Gasteiger partial charge in [-0.15, -0.1) is 0 Å². The topological polar surface area (TPSA) is 62.5 Å². The van der Waals surface area contributed by atoms with Crippen molar-refractivity contribution in [1.29, 1.82) is 0 Å². The van der Waals surface area contributed by atoms with Gasteiger partial charge < -0.3 is 14.8 Å². The second-order valence-electron chi connectivity index (χ2n) is 5.19. The number of aliphatic hydroxyl groups is 1. The van der Waals surface area contributed by atoms with E-state index < -0.39 is 6.10 Å². The molecule has 0 bridgehead atoms. The summed E-state index contributed by atoms with van der Waals surface area (Å²) in [5, 5.41) is 13.7. The molecule has 1 aromatic carbocycles. The molecule has 0 fully saturated rings. The summed E-state index contributed by atoms with van der Waals surface area (Å²) >= 11 is 6.05. The fourth-order valence-corrected chi connectivity index (χ4v) is 2.15. The molecule has 0 saturated heterocycles. The monoisotopic (exact) mass is 295 g/mol. The molecule has 5 heteroatoms. The van der Waals surface area contributed by atoms with Crippen LogP contribution in [0.15, 0.2) is 22.6 Å². The Morgan fingerprint density at radius 2 is 2.15 bits per heavy atom. The van der Waals surface area contributed by atoms with Crippen molar-refractivity contribution < 1.29 is 14.3 Å². The van der Waals surface area contributed by atoms with E-state index in [9.17, 15) is 9.90 Å². The second-order valence-corrected chi connectivity index (χ2v) is 5.60. The van der Waals surface area contributed by atoms with Crippen LogP contribution in [-0.4, -0.2) is 23.7 Å². The summed E-state index contributed by atoms with van der Waals surface area (Å²) < 4.78 is 5.56. The zero-order valence-corrected chi connectivity index (χ0v) is 12.5. The molecule has 2 N–H and O–H groups in total. The number of furan rings is 1. The number of rotatable bonds is 4. The molecule has 1 unspecified atom stereocenters. The lowest BCUT2D eigenvalue weighted by molar-refractivity contribution is 0.0848. The molecule has 108 valence electrons. The van der Waals surface area contributed by atoms with Gasteiger partial charge in [-0.05, 0) is 18.9 Å².